The van der Waals surface area contributed by atoms with E-state index < -0.39 is 6.34 Å². The average Bonchev–Trinajstić information content (AvgIpc) is 2.80. The molecular formula is C22H26N3O3PS. The van der Waals surface area contributed by atoms with E-state index in [4.69, 9.17) is 21.3 Å². The van der Waals surface area contributed by atoms with E-state index in [0.29, 0.717) is 25.5 Å². The number of carbonyl (C=O) groups is 1. The fourth-order valence-electron chi connectivity index (χ4n) is 4.53. The number of fused-ring (bicyclic) bond motifs is 2. The molecule has 1 fully saturated rings. The number of nitrogens with zero attached hydrogens (tertiary/aromatic N) is 3. The Hall–Kier alpha value is -2.08. The molecule has 1 saturated heterocycles. The van der Waals surface area contributed by atoms with Gasteiger partial charge in [0.15, 0.2) is 11.5 Å². The number of para-hydroxylation sites is 1. The number of urea groups is 1. The summed E-state index contributed by atoms with van der Waals surface area (Å²) in [6, 6.07) is 13.8. The number of anilines is 2. The molecular weight excluding hydrogens is 417 g/mol. The lowest BCUT2D eigenvalue weighted by Crippen LogP contribution is -2.53. The van der Waals surface area contributed by atoms with Gasteiger partial charge in [-0.05, 0) is 38.0 Å². The van der Waals surface area contributed by atoms with Gasteiger partial charge in [0.1, 0.15) is 19.6 Å². The van der Waals surface area contributed by atoms with Crippen LogP contribution in [0.2, 0.25) is 0 Å². The number of hydrogen-bond donors (Lipinski definition) is 0. The smallest absolute Gasteiger partial charge is 0.334 e. The molecule has 3 heterocycles. The van der Waals surface area contributed by atoms with Gasteiger partial charge < -0.3 is 9.47 Å². The third kappa shape index (κ3) is 3.03. The number of piperidine rings is 1. The highest BCUT2D eigenvalue weighted by atomic mass is 32.4. The summed E-state index contributed by atoms with van der Waals surface area (Å²) >= 11 is 6.53. The summed E-state index contributed by atoms with van der Waals surface area (Å²) in [6.45, 7) is 5.42. The van der Waals surface area contributed by atoms with Crippen molar-refractivity contribution < 1.29 is 14.3 Å². The molecule has 1 atom stereocenters. The molecule has 2 aromatic rings. The summed E-state index contributed by atoms with van der Waals surface area (Å²) in [5, 5.41) is 1.02. The van der Waals surface area contributed by atoms with Gasteiger partial charge in [-0.1, -0.05) is 36.4 Å². The normalized spacial score (nSPS) is 24.0. The van der Waals surface area contributed by atoms with Crippen LogP contribution in [-0.2, 0) is 11.8 Å². The Morgan fingerprint density at radius 3 is 2.33 bits per heavy atom. The molecule has 0 aliphatic carbocycles. The van der Waals surface area contributed by atoms with Crippen molar-refractivity contribution >= 4 is 40.9 Å². The number of ether oxygens (including phenoxy) is 2. The SMILES string of the molecule is CCN1C(=O)N(c2ccccc2)[P@@](=S)(N2CCCCC2)c2cc3c(cc21)OCCO3. The van der Waals surface area contributed by atoms with Gasteiger partial charge in [-0.2, -0.15) is 0 Å². The van der Waals surface area contributed by atoms with Gasteiger partial charge >= 0.3 is 6.03 Å². The maximum atomic E-state index is 13.9. The Morgan fingerprint density at radius 1 is 1.00 bits per heavy atom. The second kappa shape index (κ2) is 7.88. The summed E-state index contributed by atoms with van der Waals surface area (Å²) in [4.78, 5) is 15.7. The highest BCUT2D eigenvalue weighted by Gasteiger charge is 2.47. The maximum Gasteiger partial charge on any atom is 0.334 e. The van der Waals surface area contributed by atoms with E-state index in [1.165, 1.54) is 6.42 Å². The summed E-state index contributed by atoms with van der Waals surface area (Å²) in [5.41, 5.74) is 1.73. The number of carbonyl (C=O) groups excluding carboxylic acids is 1. The Labute approximate surface area is 182 Å². The first-order chi connectivity index (χ1) is 14.6. The van der Waals surface area contributed by atoms with Crippen LogP contribution in [0.1, 0.15) is 26.2 Å². The maximum absolute atomic E-state index is 13.9. The Bertz CT molecular complexity index is 1010. The van der Waals surface area contributed by atoms with Crippen molar-refractivity contribution in [3.05, 3.63) is 42.5 Å². The first kappa shape index (κ1) is 19.9. The number of rotatable bonds is 3. The third-order valence-corrected chi connectivity index (χ3v) is 10.8. The van der Waals surface area contributed by atoms with Crippen LogP contribution in [0.5, 0.6) is 11.5 Å². The zero-order valence-electron chi connectivity index (χ0n) is 17.1. The summed E-state index contributed by atoms with van der Waals surface area (Å²) < 4.78 is 16.0. The van der Waals surface area contributed by atoms with Crippen molar-refractivity contribution in [2.75, 3.05) is 42.4 Å². The molecule has 0 aromatic heterocycles. The molecule has 0 unspecified atom stereocenters. The highest BCUT2D eigenvalue weighted by Crippen LogP contribution is 2.61. The molecule has 8 heteroatoms. The lowest BCUT2D eigenvalue weighted by Gasteiger charge is -2.50. The third-order valence-electron chi connectivity index (χ3n) is 5.96. The van der Waals surface area contributed by atoms with Crippen molar-refractivity contribution in [3.8, 4) is 11.5 Å². The zero-order chi connectivity index (χ0) is 20.7. The quantitative estimate of drug-likeness (QED) is 0.661. The topological polar surface area (TPSA) is 45.3 Å². The first-order valence-electron chi connectivity index (χ1n) is 10.6. The van der Waals surface area contributed by atoms with Gasteiger partial charge in [0.2, 0.25) is 0 Å². The van der Waals surface area contributed by atoms with E-state index in [1.807, 2.05) is 59.0 Å². The molecule has 6 nitrogen and oxygen atoms in total. The van der Waals surface area contributed by atoms with Gasteiger partial charge in [-0.25, -0.2) is 9.46 Å². The number of benzene rings is 2. The van der Waals surface area contributed by atoms with Crippen LogP contribution < -0.4 is 24.3 Å². The highest BCUT2D eigenvalue weighted by molar-refractivity contribution is 8.18. The largest absolute Gasteiger partial charge is 0.486 e. The molecule has 0 N–H and O–H groups in total. The lowest BCUT2D eigenvalue weighted by molar-refractivity contribution is 0.172. The first-order valence-corrected chi connectivity index (χ1v) is 13.3. The van der Waals surface area contributed by atoms with Gasteiger partial charge in [0.05, 0.1) is 11.4 Å². The Morgan fingerprint density at radius 2 is 1.67 bits per heavy atom. The van der Waals surface area contributed by atoms with Gasteiger partial charge in [0.25, 0.3) is 0 Å². The molecule has 158 valence electrons. The predicted molar refractivity (Wildman–Crippen MR) is 124 cm³/mol. The Kier molecular flexibility index (Phi) is 5.21. The van der Waals surface area contributed by atoms with Crippen LogP contribution in [-0.4, -0.2) is 43.5 Å². The van der Waals surface area contributed by atoms with Gasteiger partial charge in [-0.15, -0.1) is 0 Å². The molecule has 2 aromatic carbocycles. The van der Waals surface area contributed by atoms with Crippen LogP contribution >= 0.6 is 6.34 Å². The van der Waals surface area contributed by atoms with E-state index in [-0.39, 0.29) is 6.03 Å². The molecule has 0 saturated carbocycles. The van der Waals surface area contributed by atoms with Crippen LogP contribution in [0.15, 0.2) is 42.5 Å². The van der Waals surface area contributed by atoms with Crippen LogP contribution in [0.25, 0.3) is 0 Å². The number of hydrogen-bond acceptors (Lipinski definition) is 4. The molecule has 3 aliphatic heterocycles. The minimum atomic E-state index is -2.59. The molecule has 2 amide bonds. The average molecular weight is 444 g/mol. The van der Waals surface area contributed by atoms with E-state index in [0.717, 1.165) is 48.4 Å². The molecule has 0 bridgehead atoms. The second-order valence-corrected chi connectivity index (χ2v) is 11.8. The molecule has 3 aliphatic rings. The molecule has 0 spiro atoms. The van der Waals surface area contributed by atoms with Crippen molar-refractivity contribution in [2.45, 2.75) is 26.2 Å². The molecule has 30 heavy (non-hydrogen) atoms. The van der Waals surface area contributed by atoms with E-state index in [9.17, 15) is 4.79 Å². The lowest BCUT2D eigenvalue weighted by atomic mass is 10.2. The Balaban J connectivity index is 1.76. The van der Waals surface area contributed by atoms with Crippen LogP contribution in [0.3, 0.4) is 0 Å². The fourth-order valence-corrected chi connectivity index (χ4v) is 9.10. The van der Waals surface area contributed by atoms with Crippen molar-refractivity contribution in [3.63, 3.8) is 0 Å². The minimum absolute atomic E-state index is 0.0539. The monoisotopic (exact) mass is 443 g/mol. The van der Waals surface area contributed by atoms with Crippen molar-refractivity contribution in [1.82, 2.24) is 4.67 Å². The summed E-state index contributed by atoms with van der Waals surface area (Å²) in [6.07, 6.45) is 0.825. The molecule has 0 radical (unpaired) electrons. The van der Waals surface area contributed by atoms with E-state index in [2.05, 4.69) is 4.67 Å². The summed E-state index contributed by atoms with van der Waals surface area (Å²) in [5.74, 6) is 1.42. The van der Waals surface area contributed by atoms with Crippen LogP contribution in [0, 0.1) is 0 Å². The second-order valence-electron chi connectivity index (χ2n) is 7.72. The minimum Gasteiger partial charge on any atom is -0.486 e. The predicted octanol–water partition coefficient (Wildman–Crippen LogP) is 4.35. The van der Waals surface area contributed by atoms with E-state index >= 15 is 0 Å². The van der Waals surface area contributed by atoms with Crippen molar-refractivity contribution in [1.29, 1.82) is 0 Å². The fraction of sp³-hybridized carbons (Fsp3) is 0.409. The standard InChI is InChI=1S/C22H26N3O3PS/c1-2-24-18-15-19-20(28-14-13-27-19)16-21(18)29(30,23-11-7-4-8-12-23)25(22(24)26)17-9-5-3-6-10-17/h3,5-6,9-10,15-16H,2,4,7-8,11-14H2,1H3/t29-/m0/s1. The zero-order valence-corrected chi connectivity index (χ0v) is 18.8. The number of amides is 2. The summed E-state index contributed by atoms with van der Waals surface area (Å²) in [7, 11) is 0. The van der Waals surface area contributed by atoms with Crippen molar-refractivity contribution in [2.24, 2.45) is 0 Å². The van der Waals surface area contributed by atoms with E-state index in [1.54, 1.807) is 0 Å². The van der Waals surface area contributed by atoms with Gasteiger partial charge in [-0.3, -0.25) is 9.57 Å². The van der Waals surface area contributed by atoms with Crippen LogP contribution in [0.4, 0.5) is 16.2 Å². The van der Waals surface area contributed by atoms with Gasteiger partial charge in [0, 0.05) is 31.0 Å². The molecule has 5 rings (SSSR count).